The Morgan fingerprint density at radius 1 is 0.895 bits per heavy atom. The van der Waals surface area contributed by atoms with E-state index in [1.807, 2.05) is 42.5 Å². The molecule has 3 nitrogen and oxygen atoms in total. The number of rotatable bonds is 1. The van der Waals surface area contributed by atoms with Gasteiger partial charge < -0.3 is 9.84 Å². The molecule has 0 amide bonds. The number of benzene rings is 2. The monoisotopic (exact) mass is 237 g/mol. The van der Waals surface area contributed by atoms with Crippen LogP contribution in [0.1, 0.15) is 5.56 Å². The summed E-state index contributed by atoms with van der Waals surface area (Å²) in [6.07, 6.45) is 0.282. The number of hydrogen-bond acceptors (Lipinski definition) is 3. The molecule has 0 bridgehead atoms. The molecule has 1 heterocycles. The maximum absolute atomic E-state index is 11.8. The second-order valence-corrected chi connectivity index (χ2v) is 3.68. The molecule has 5 heteroatoms. The van der Waals surface area contributed by atoms with Crippen LogP contribution in [0.2, 0.25) is 0 Å². The van der Waals surface area contributed by atoms with E-state index in [9.17, 15) is 5.11 Å². The maximum Gasteiger partial charge on any atom is 1.00 e. The number of fused-ring (bicyclic) bond motifs is 1. The van der Waals surface area contributed by atoms with Crippen molar-refractivity contribution in [2.24, 2.45) is 4.99 Å². The van der Waals surface area contributed by atoms with Gasteiger partial charge in [0.05, 0.1) is 0 Å². The van der Waals surface area contributed by atoms with Crippen molar-refractivity contribution in [1.82, 2.24) is 0 Å². The van der Waals surface area contributed by atoms with Gasteiger partial charge in [-0.05, 0) is 18.0 Å². The fraction of sp³-hybridized carbons (Fsp3) is 0. The van der Waals surface area contributed by atoms with Crippen molar-refractivity contribution in [3.05, 3.63) is 66.3 Å². The van der Waals surface area contributed by atoms with Gasteiger partial charge in [-0.25, -0.2) is 0 Å². The van der Waals surface area contributed by atoms with Crippen molar-refractivity contribution < 1.29 is 47.6 Å². The first kappa shape index (κ1) is 15.8. The first-order chi connectivity index (χ1) is 8.34. The summed E-state index contributed by atoms with van der Waals surface area (Å²) in [4.78, 5) is 4.00. The van der Waals surface area contributed by atoms with E-state index >= 15 is 0 Å². The van der Waals surface area contributed by atoms with E-state index in [-0.39, 0.29) is 49.7 Å². The summed E-state index contributed by atoms with van der Waals surface area (Å²) in [6, 6.07) is 16.5. The summed E-state index contributed by atoms with van der Waals surface area (Å²) < 4.78 is 5.60. The van der Waals surface area contributed by atoms with E-state index in [2.05, 4.69) is 4.99 Å². The van der Waals surface area contributed by atoms with Gasteiger partial charge in [-0.15, -0.1) is 17.7 Å². The molecular formula is C14H9Li2NO2. The fourth-order valence-corrected chi connectivity index (χ4v) is 1.72. The Hall–Kier alpha value is -1.23. The predicted octanol–water partition coefficient (Wildman–Crippen LogP) is -3.94. The molecule has 3 rings (SSSR count). The first-order valence-electron chi connectivity index (χ1n) is 5.30. The second kappa shape index (κ2) is 6.80. The van der Waals surface area contributed by atoms with E-state index in [4.69, 9.17) is 4.74 Å². The van der Waals surface area contributed by atoms with Crippen molar-refractivity contribution in [3.8, 4) is 5.75 Å². The molecule has 0 fully saturated rings. The summed E-state index contributed by atoms with van der Waals surface area (Å²) >= 11 is 0. The number of aliphatic imine (C=N–C) groups is 1. The van der Waals surface area contributed by atoms with Crippen molar-refractivity contribution in [2.45, 2.75) is 0 Å². The van der Waals surface area contributed by atoms with Gasteiger partial charge in [-0.2, -0.15) is 12.1 Å². The molecular weight excluding hydrogens is 228 g/mol. The van der Waals surface area contributed by atoms with Crippen LogP contribution in [0.3, 0.4) is 0 Å². The molecule has 0 saturated heterocycles. The summed E-state index contributed by atoms with van der Waals surface area (Å²) in [5.41, 5.74) is 1.33. The topological polar surface area (TPSA) is 44.7 Å². The van der Waals surface area contributed by atoms with Crippen molar-refractivity contribution in [3.63, 3.8) is 0 Å². The molecule has 2 aromatic carbocycles. The van der Waals surface area contributed by atoms with Crippen LogP contribution in [-0.4, -0.2) is 5.90 Å². The average Bonchev–Trinajstić information content (AvgIpc) is 2.39. The van der Waals surface area contributed by atoms with Gasteiger partial charge in [0.15, 0.2) is 0 Å². The van der Waals surface area contributed by atoms with Crippen LogP contribution in [0.5, 0.6) is 5.75 Å². The molecule has 84 valence electrons. The van der Waals surface area contributed by atoms with Crippen LogP contribution in [-0.2, 0) is 0 Å². The van der Waals surface area contributed by atoms with Gasteiger partial charge in [-0.1, -0.05) is 18.2 Å². The average molecular weight is 237 g/mol. The largest absolute Gasteiger partial charge is 1.00 e. The third-order valence-corrected chi connectivity index (χ3v) is 2.53. The molecule has 0 atom stereocenters. The molecule has 19 heavy (non-hydrogen) atoms. The molecule has 1 aliphatic rings. The minimum absolute atomic E-state index is 0. The van der Waals surface area contributed by atoms with E-state index < -0.39 is 0 Å². The number of ether oxygens (including phenoxy) is 1. The smallest absolute Gasteiger partial charge is 0.866 e. The van der Waals surface area contributed by atoms with Crippen molar-refractivity contribution in [1.29, 1.82) is 0 Å². The summed E-state index contributed by atoms with van der Waals surface area (Å²) in [7, 11) is 0. The van der Waals surface area contributed by atoms with Crippen LogP contribution < -0.4 is 47.6 Å². The standard InChI is InChI=1S/C14H10NO2.2Li/c16-14-13(10-6-2-1-3-7-10)17-12-9-5-4-8-11(12)15-14;;/h1-9H,(H,15,16);;/q-1;2*+1/p-1. The Balaban J connectivity index is 0.000000902. The minimum Gasteiger partial charge on any atom is -0.866 e. The number of hydrogen-bond donors (Lipinski definition) is 0. The quantitative estimate of drug-likeness (QED) is 0.375. The van der Waals surface area contributed by atoms with Crippen LogP contribution in [0.15, 0.2) is 59.6 Å². The van der Waals surface area contributed by atoms with Gasteiger partial charge in [0.2, 0.25) is 0 Å². The Kier molecular flexibility index (Phi) is 5.67. The maximum atomic E-state index is 11.8. The van der Waals surface area contributed by atoms with Gasteiger partial charge >= 0.3 is 37.7 Å². The van der Waals surface area contributed by atoms with Gasteiger partial charge in [0, 0.05) is 6.10 Å². The Labute approximate surface area is 136 Å². The van der Waals surface area contributed by atoms with Crippen molar-refractivity contribution in [2.75, 3.05) is 0 Å². The molecule has 2 aromatic rings. The molecule has 0 aliphatic carbocycles. The van der Waals surface area contributed by atoms with Crippen LogP contribution in [0.25, 0.3) is 0 Å². The molecule has 0 radical (unpaired) electrons. The second-order valence-electron chi connectivity index (χ2n) is 3.68. The zero-order valence-corrected chi connectivity index (χ0v) is 11.0. The van der Waals surface area contributed by atoms with Gasteiger partial charge in [-0.3, -0.25) is 4.99 Å². The van der Waals surface area contributed by atoms with E-state index in [0.29, 0.717) is 11.4 Å². The third-order valence-electron chi connectivity index (χ3n) is 2.53. The van der Waals surface area contributed by atoms with Gasteiger partial charge in [0.1, 0.15) is 11.4 Å². The van der Waals surface area contributed by atoms with Crippen LogP contribution in [0.4, 0.5) is 5.69 Å². The summed E-state index contributed by atoms with van der Waals surface area (Å²) in [5, 5.41) is 11.8. The molecule has 0 unspecified atom stereocenters. The number of nitrogens with zero attached hydrogens (tertiary/aromatic N) is 1. The van der Waals surface area contributed by atoms with Crippen LogP contribution in [0, 0.1) is 6.10 Å². The van der Waals surface area contributed by atoms with Crippen molar-refractivity contribution >= 4 is 11.6 Å². The van der Waals surface area contributed by atoms with Gasteiger partial charge in [0.25, 0.3) is 0 Å². The first-order valence-corrected chi connectivity index (χ1v) is 5.30. The molecule has 1 aliphatic heterocycles. The predicted molar refractivity (Wildman–Crippen MR) is 63.0 cm³/mol. The third kappa shape index (κ3) is 3.21. The minimum atomic E-state index is -0.338. The zero-order chi connectivity index (χ0) is 11.7. The van der Waals surface area contributed by atoms with E-state index in [0.717, 1.165) is 5.56 Å². The fourth-order valence-electron chi connectivity index (χ4n) is 1.72. The molecule has 0 spiro atoms. The molecule has 0 saturated carbocycles. The Morgan fingerprint density at radius 2 is 1.53 bits per heavy atom. The van der Waals surface area contributed by atoms with E-state index in [1.165, 1.54) is 0 Å². The summed E-state index contributed by atoms with van der Waals surface area (Å²) in [6.45, 7) is 0. The molecule has 0 N–H and O–H groups in total. The number of para-hydroxylation sites is 2. The Bertz CT molecular complexity index is 573. The molecule has 0 aromatic heterocycles. The van der Waals surface area contributed by atoms with E-state index in [1.54, 1.807) is 12.1 Å². The van der Waals surface area contributed by atoms with Crippen LogP contribution >= 0.6 is 0 Å². The normalized spacial score (nSPS) is 12.2. The zero-order valence-electron chi connectivity index (χ0n) is 11.0. The Morgan fingerprint density at radius 3 is 2.26 bits per heavy atom. The SMILES string of the molecule is [Li+].[Li+].[O-]C1=Nc2ccccc2O[C-]1c1ccccc1. The summed E-state index contributed by atoms with van der Waals surface area (Å²) in [5.74, 6) is 0.279.